The molecule has 0 saturated carbocycles. The van der Waals surface area contributed by atoms with Crippen LogP contribution in [0.3, 0.4) is 0 Å². The van der Waals surface area contributed by atoms with Crippen LogP contribution < -0.4 is 5.32 Å². The van der Waals surface area contributed by atoms with E-state index in [1.807, 2.05) is 0 Å². The van der Waals surface area contributed by atoms with Crippen LogP contribution in [0.1, 0.15) is 12.7 Å². The third kappa shape index (κ3) is 6.15. The van der Waals surface area contributed by atoms with E-state index in [1.54, 1.807) is 7.05 Å². The number of hydrogen-bond donors (Lipinski definition) is 1. The van der Waals surface area contributed by atoms with Gasteiger partial charge in [-0.3, -0.25) is 10.1 Å². The molecule has 0 aliphatic rings. The molecule has 0 radical (unpaired) electrons. The van der Waals surface area contributed by atoms with Gasteiger partial charge in [0.1, 0.15) is 5.82 Å². The van der Waals surface area contributed by atoms with Crippen molar-refractivity contribution >= 4 is 23.7 Å². The molecule has 10 heteroatoms. The molecule has 0 spiro atoms. The Morgan fingerprint density at radius 1 is 1.59 bits per heavy atom. The van der Waals surface area contributed by atoms with Crippen molar-refractivity contribution < 1.29 is 23.6 Å². The second-order valence-corrected chi connectivity index (χ2v) is 4.31. The van der Waals surface area contributed by atoms with Crippen LogP contribution in [0, 0.1) is 6.57 Å². The molecule has 0 aromatic carbocycles. The van der Waals surface area contributed by atoms with Crippen LogP contribution in [0.2, 0.25) is 5.15 Å². The number of alkyl carbamates (subject to hydrolysis) is 1. The number of hydrogen-bond acceptors (Lipinski definition) is 7. The molecule has 118 valence electrons. The lowest BCUT2D eigenvalue weighted by molar-refractivity contribution is -0.149. The third-order valence-electron chi connectivity index (χ3n) is 2.20. The molecule has 0 fully saturated rings. The summed E-state index contributed by atoms with van der Waals surface area (Å²) in [5, 5.41) is 6.06. The first-order chi connectivity index (χ1) is 10.4. The highest BCUT2D eigenvalue weighted by atomic mass is 35.5. The van der Waals surface area contributed by atoms with E-state index in [2.05, 4.69) is 24.8 Å². The molecule has 1 aromatic heterocycles. The van der Waals surface area contributed by atoms with E-state index < -0.39 is 18.9 Å². The largest absolute Gasteiger partial charge is 0.428 e. The summed E-state index contributed by atoms with van der Waals surface area (Å²) < 4.78 is 14.0. The average molecular weight is 329 g/mol. The number of amides is 1. The molecule has 1 N–H and O–H groups in total. The SMILES string of the molecule is [C-]#[N+]/C=C(/NC(=O)OCOC(C)=O)N(C)Cc1cc(Cl)no1. The Hall–Kier alpha value is -2.73. The molecule has 0 unspecified atom stereocenters. The molecule has 22 heavy (non-hydrogen) atoms. The van der Waals surface area contributed by atoms with Gasteiger partial charge in [-0.25, -0.2) is 9.64 Å². The maximum absolute atomic E-state index is 11.5. The van der Waals surface area contributed by atoms with Crippen LogP contribution in [0.4, 0.5) is 4.79 Å². The van der Waals surface area contributed by atoms with E-state index >= 15 is 0 Å². The van der Waals surface area contributed by atoms with Gasteiger partial charge in [-0.15, -0.1) is 0 Å². The fourth-order valence-electron chi connectivity index (χ4n) is 1.28. The highest BCUT2D eigenvalue weighted by molar-refractivity contribution is 6.29. The fourth-order valence-corrected chi connectivity index (χ4v) is 1.43. The second-order valence-electron chi connectivity index (χ2n) is 3.93. The van der Waals surface area contributed by atoms with E-state index in [0.717, 1.165) is 6.20 Å². The number of ether oxygens (including phenoxy) is 2. The minimum absolute atomic E-state index is 0.162. The van der Waals surface area contributed by atoms with E-state index in [-0.39, 0.29) is 17.5 Å². The molecule has 1 aromatic rings. The van der Waals surface area contributed by atoms with Crippen molar-refractivity contribution in [1.82, 2.24) is 15.4 Å². The summed E-state index contributed by atoms with van der Waals surface area (Å²) in [5.41, 5.74) is 0. The Kier molecular flexibility index (Phi) is 6.72. The first-order valence-corrected chi connectivity index (χ1v) is 6.26. The Morgan fingerprint density at radius 3 is 2.86 bits per heavy atom. The second kappa shape index (κ2) is 8.53. The highest BCUT2D eigenvalue weighted by Crippen LogP contribution is 2.12. The van der Waals surface area contributed by atoms with Gasteiger partial charge in [0.25, 0.3) is 0 Å². The first-order valence-electron chi connectivity index (χ1n) is 5.88. The molecular weight excluding hydrogens is 316 g/mol. The normalized spacial score (nSPS) is 10.5. The molecule has 0 aliphatic carbocycles. The summed E-state index contributed by atoms with van der Waals surface area (Å²) in [4.78, 5) is 26.7. The van der Waals surface area contributed by atoms with E-state index in [1.165, 1.54) is 17.9 Å². The number of rotatable bonds is 6. The van der Waals surface area contributed by atoms with E-state index in [0.29, 0.717) is 5.76 Å². The predicted molar refractivity (Wildman–Crippen MR) is 73.9 cm³/mol. The molecule has 1 amide bonds. The lowest BCUT2D eigenvalue weighted by Gasteiger charge is -2.21. The minimum Gasteiger partial charge on any atom is -0.428 e. The number of nitrogens with one attached hydrogen (secondary N) is 1. The molecule has 0 atom stereocenters. The number of esters is 1. The molecule has 9 nitrogen and oxygen atoms in total. The van der Waals surface area contributed by atoms with Crippen molar-refractivity contribution in [3.8, 4) is 0 Å². The van der Waals surface area contributed by atoms with Gasteiger partial charge in [0.05, 0.1) is 13.1 Å². The van der Waals surface area contributed by atoms with Crippen molar-refractivity contribution in [3.05, 3.63) is 40.4 Å². The molecule has 1 rings (SSSR count). The van der Waals surface area contributed by atoms with Gasteiger partial charge in [-0.2, -0.15) is 0 Å². The zero-order valence-electron chi connectivity index (χ0n) is 11.8. The Labute approximate surface area is 131 Å². The Balaban J connectivity index is 2.57. The van der Waals surface area contributed by atoms with Crippen molar-refractivity contribution in [2.24, 2.45) is 0 Å². The van der Waals surface area contributed by atoms with Gasteiger partial charge in [-0.1, -0.05) is 16.8 Å². The average Bonchev–Trinajstić information content (AvgIpc) is 2.83. The van der Waals surface area contributed by atoms with Crippen LogP contribution in [0.25, 0.3) is 4.85 Å². The number of carbonyl (C=O) groups is 2. The summed E-state index contributed by atoms with van der Waals surface area (Å²) in [6.45, 7) is 7.73. The number of aromatic nitrogens is 1. The van der Waals surface area contributed by atoms with Crippen molar-refractivity contribution in [1.29, 1.82) is 0 Å². The van der Waals surface area contributed by atoms with E-state index in [9.17, 15) is 9.59 Å². The Bertz CT molecular complexity index is 607. The lowest BCUT2D eigenvalue weighted by atomic mass is 10.4. The van der Waals surface area contributed by atoms with Gasteiger partial charge < -0.3 is 18.9 Å². The van der Waals surface area contributed by atoms with Crippen molar-refractivity contribution in [2.45, 2.75) is 13.5 Å². The van der Waals surface area contributed by atoms with E-state index in [4.69, 9.17) is 22.7 Å². The molecule has 0 saturated heterocycles. The maximum atomic E-state index is 11.5. The topological polar surface area (TPSA) is 98.3 Å². The summed E-state index contributed by atoms with van der Waals surface area (Å²) in [6.07, 6.45) is 0.212. The van der Waals surface area contributed by atoms with Crippen LogP contribution in [0.15, 0.2) is 22.6 Å². The summed E-state index contributed by atoms with van der Waals surface area (Å²) >= 11 is 5.63. The van der Waals surface area contributed by atoms with Gasteiger partial charge in [0.2, 0.25) is 6.79 Å². The standard InChI is InChI=1S/C12H13ClN4O5/c1-8(18)20-7-21-12(19)15-11(5-14-2)17(3)6-9-4-10(13)16-22-9/h4-5H,6-7H2,1,3H3,(H,15,19)/b11-5-. The summed E-state index contributed by atoms with van der Waals surface area (Å²) in [7, 11) is 1.61. The summed E-state index contributed by atoms with van der Waals surface area (Å²) in [5.74, 6) is 0.0258. The van der Waals surface area contributed by atoms with Crippen molar-refractivity contribution in [3.63, 3.8) is 0 Å². The van der Waals surface area contributed by atoms with Crippen molar-refractivity contribution in [2.75, 3.05) is 13.8 Å². The predicted octanol–water partition coefficient (Wildman–Crippen LogP) is 1.72. The van der Waals surface area contributed by atoms with Gasteiger partial charge in [0.15, 0.2) is 17.1 Å². The van der Waals surface area contributed by atoms with Gasteiger partial charge in [0, 0.05) is 20.0 Å². The molecule has 0 aliphatic heterocycles. The minimum atomic E-state index is -0.876. The van der Waals surface area contributed by atoms with Gasteiger partial charge >= 0.3 is 12.1 Å². The number of carbonyl (C=O) groups excluding carboxylic acids is 2. The molecule has 0 bridgehead atoms. The smallest absolute Gasteiger partial charge is 0.414 e. The highest BCUT2D eigenvalue weighted by Gasteiger charge is 2.13. The Morgan fingerprint density at radius 2 is 2.32 bits per heavy atom. The van der Waals surface area contributed by atoms with Gasteiger partial charge in [-0.05, 0) is 0 Å². The lowest BCUT2D eigenvalue weighted by Crippen LogP contribution is -2.33. The number of halogens is 1. The van der Waals surface area contributed by atoms with Crippen LogP contribution in [0.5, 0.6) is 0 Å². The fraction of sp³-hybridized carbons (Fsp3) is 0.333. The van der Waals surface area contributed by atoms with Crippen LogP contribution in [-0.4, -0.2) is 36.0 Å². The van der Waals surface area contributed by atoms with Crippen LogP contribution in [-0.2, 0) is 20.8 Å². The monoisotopic (exact) mass is 328 g/mol. The first kappa shape index (κ1) is 17.3. The molecular formula is C12H13ClN4O5. The summed E-state index contributed by atoms with van der Waals surface area (Å²) in [6, 6.07) is 1.51. The maximum Gasteiger partial charge on any atom is 0.414 e. The zero-order valence-corrected chi connectivity index (χ0v) is 12.6. The quantitative estimate of drug-likeness (QED) is 0.482. The van der Waals surface area contributed by atoms with Crippen LogP contribution >= 0.6 is 11.6 Å². The third-order valence-corrected chi connectivity index (χ3v) is 2.38. The number of nitrogens with zero attached hydrogens (tertiary/aromatic N) is 3. The molecule has 1 heterocycles. The zero-order chi connectivity index (χ0) is 16.5.